The van der Waals surface area contributed by atoms with Gasteiger partial charge in [-0.15, -0.1) is 0 Å². The van der Waals surface area contributed by atoms with Gasteiger partial charge in [0.15, 0.2) is 0 Å². The first kappa shape index (κ1) is 14.6. The molecule has 0 radical (unpaired) electrons. The second-order valence-electron chi connectivity index (χ2n) is 5.22. The molecule has 0 amide bonds. The zero-order valence-corrected chi connectivity index (χ0v) is 11.4. The normalized spacial score (nSPS) is 11.9. The molecule has 0 fully saturated rings. The van der Waals surface area contributed by atoms with Gasteiger partial charge in [0.05, 0.1) is 0 Å². The number of hydrogen-bond acceptors (Lipinski definition) is 1. The third-order valence-electron chi connectivity index (χ3n) is 2.98. The molecule has 0 aliphatic heterocycles. The van der Waals surface area contributed by atoms with Crippen molar-refractivity contribution in [1.82, 2.24) is 4.98 Å². The van der Waals surface area contributed by atoms with Crippen molar-refractivity contribution in [3.63, 3.8) is 0 Å². The summed E-state index contributed by atoms with van der Waals surface area (Å²) in [6.07, 6.45) is -2.25. The first-order valence-corrected chi connectivity index (χ1v) is 6.49. The van der Waals surface area contributed by atoms with Crippen LogP contribution in [0.25, 0.3) is 11.1 Å². The van der Waals surface area contributed by atoms with Crippen LogP contribution in [0.4, 0.5) is 13.2 Å². The van der Waals surface area contributed by atoms with Gasteiger partial charge in [-0.05, 0) is 41.2 Å². The van der Waals surface area contributed by atoms with E-state index in [4.69, 9.17) is 0 Å². The quantitative estimate of drug-likeness (QED) is 0.773. The van der Waals surface area contributed by atoms with Crippen LogP contribution in [-0.4, -0.2) is 4.98 Å². The standard InChI is InChI=1S/C16H16F3N/c1-11(2)9-12-3-5-13(6-4-12)14-7-8-20-15(10-14)16(17,18)19/h3-8,10-11H,9H2,1-2H3. The summed E-state index contributed by atoms with van der Waals surface area (Å²) in [5.74, 6) is 0.554. The van der Waals surface area contributed by atoms with E-state index in [-0.39, 0.29) is 0 Å². The molecule has 4 heteroatoms. The van der Waals surface area contributed by atoms with E-state index in [1.165, 1.54) is 11.8 Å². The topological polar surface area (TPSA) is 12.9 Å². The average Bonchev–Trinajstić information content (AvgIpc) is 2.38. The highest BCUT2D eigenvalue weighted by atomic mass is 19.4. The lowest BCUT2D eigenvalue weighted by Crippen LogP contribution is -2.07. The molecule has 0 spiro atoms. The van der Waals surface area contributed by atoms with Crippen LogP contribution in [0.15, 0.2) is 42.6 Å². The van der Waals surface area contributed by atoms with Gasteiger partial charge in [0, 0.05) is 6.20 Å². The van der Waals surface area contributed by atoms with Gasteiger partial charge in [-0.25, -0.2) is 0 Å². The van der Waals surface area contributed by atoms with Crippen LogP contribution >= 0.6 is 0 Å². The molecule has 2 rings (SSSR count). The molecule has 1 heterocycles. The molecule has 106 valence electrons. The summed E-state index contributed by atoms with van der Waals surface area (Å²) in [4.78, 5) is 3.37. The Morgan fingerprint density at radius 2 is 1.65 bits per heavy atom. The Hall–Kier alpha value is -1.84. The Balaban J connectivity index is 2.28. The van der Waals surface area contributed by atoms with Crippen molar-refractivity contribution in [3.05, 3.63) is 53.9 Å². The van der Waals surface area contributed by atoms with Crippen molar-refractivity contribution in [3.8, 4) is 11.1 Å². The first-order valence-electron chi connectivity index (χ1n) is 6.49. The van der Waals surface area contributed by atoms with E-state index < -0.39 is 11.9 Å². The second kappa shape index (κ2) is 5.65. The molecular weight excluding hydrogens is 263 g/mol. The molecule has 0 aliphatic carbocycles. The van der Waals surface area contributed by atoms with Crippen LogP contribution in [0.3, 0.4) is 0 Å². The summed E-state index contributed by atoms with van der Waals surface area (Å²) >= 11 is 0. The Kier molecular flexibility index (Phi) is 4.12. The second-order valence-corrected chi connectivity index (χ2v) is 5.22. The Bertz CT molecular complexity index is 571. The van der Waals surface area contributed by atoms with Gasteiger partial charge >= 0.3 is 6.18 Å². The molecule has 0 aliphatic rings. The van der Waals surface area contributed by atoms with Gasteiger partial charge in [0.1, 0.15) is 5.69 Å². The van der Waals surface area contributed by atoms with Crippen LogP contribution in [0.2, 0.25) is 0 Å². The zero-order valence-electron chi connectivity index (χ0n) is 11.4. The van der Waals surface area contributed by atoms with Gasteiger partial charge in [-0.3, -0.25) is 4.98 Å². The smallest absolute Gasteiger partial charge is 0.252 e. The number of alkyl halides is 3. The number of nitrogens with zero attached hydrogens (tertiary/aromatic N) is 1. The van der Waals surface area contributed by atoms with Gasteiger partial charge in [-0.2, -0.15) is 13.2 Å². The molecule has 1 aromatic carbocycles. The molecule has 1 nitrogen and oxygen atoms in total. The molecule has 0 N–H and O–H groups in total. The maximum Gasteiger partial charge on any atom is 0.433 e. The van der Waals surface area contributed by atoms with Crippen LogP contribution in [0, 0.1) is 5.92 Å². The van der Waals surface area contributed by atoms with Gasteiger partial charge in [0.25, 0.3) is 0 Å². The number of rotatable bonds is 3. The lowest BCUT2D eigenvalue weighted by atomic mass is 9.99. The molecular formula is C16H16F3N. The minimum Gasteiger partial charge on any atom is -0.252 e. The van der Waals surface area contributed by atoms with Crippen LogP contribution < -0.4 is 0 Å². The van der Waals surface area contributed by atoms with Gasteiger partial charge in [-0.1, -0.05) is 38.1 Å². The lowest BCUT2D eigenvalue weighted by molar-refractivity contribution is -0.141. The molecule has 0 unspecified atom stereocenters. The summed E-state index contributed by atoms with van der Waals surface area (Å²) in [5.41, 5.74) is 1.63. The Labute approximate surface area is 116 Å². The minimum absolute atomic E-state index is 0.531. The van der Waals surface area contributed by atoms with Crippen LogP contribution in [0.1, 0.15) is 25.1 Å². The summed E-state index contributed by atoms with van der Waals surface area (Å²) < 4.78 is 37.9. The molecule has 20 heavy (non-hydrogen) atoms. The fraction of sp³-hybridized carbons (Fsp3) is 0.312. The predicted octanol–water partition coefficient (Wildman–Crippen LogP) is 4.97. The summed E-state index contributed by atoms with van der Waals surface area (Å²) in [7, 11) is 0. The number of benzene rings is 1. The Morgan fingerprint density at radius 1 is 1.00 bits per heavy atom. The van der Waals surface area contributed by atoms with Crippen LogP contribution in [0.5, 0.6) is 0 Å². The summed E-state index contributed by atoms with van der Waals surface area (Å²) in [6.45, 7) is 4.26. The van der Waals surface area contributed by atoms with E-state index in [2.05, 4.69) is 18.8 Å². The maximum atomic E-state index is 12.6. The monoisotopic (exact) mass is 279 g/mol. The molecule has 0 bridgehead atoms. The number of halogens is 3. The molecule has 2 aromatic rings. The fourth-order valence-corrected chi connectivity index (χ4v) is 2.07. The molecule has 1 aromatic heterocycles. The summed E-state index contributed by atoms with van der Waals surface area (Å²) in [5, 5.41) is 0. The molecule has 0 saturated carbocycles. The Morgan fingerprint density at radius 3 is 2.20 bits per heavy atom. The third-order valence-corrected chi connectivity index (χ3v) is 2.98. The van der Waals surface area contributed by atoms with Crippen molar-refractivity contribution in [2.24, 2.45) is 5.92 Å². The van der Waals surface area contributed by atoms with Crippen molar-refractivity contribution in [2.45, 2.75) is 26.4 Å². The van der Waals surface area contributed by atoms with Crippen molar-refractivity contribution < 1.29 is 13.2 Å². The van der Waals surface area contributed by atoms with Gasteiger partial charge < -0.3 is 0 Å². The van der Waals surface area contributed by atoms with E-state index >= 15 is 0 Å². The van der Waals surface area contributed by atoms with Crippen molar-refractivity contribution >= 4 is 0 Å². The largest absolute Gasteiger partial charge is 0.433 e. The van der Waals surface area contributed by atoms with E-state index in [1.807, 2.05) is 24.3 Å². The first-order chi connectivity index (χ1) is 9.36. The number of pyridine rings is 1. The third kappa shape index (κ3) is 3.59. The average molecular weight is 279 g/mol. The molecule has 0 saturated heterocycles. The fourth-order valence-electron chi connectivity index (χ4n) is 2.07. The SMILES string of the molecule is CC(C)Cc1ccc(-c2ccnc(C(F)(F)F)c2)cc1. The highest BCUT2D eigenvalue weighted by molar-refractivity contribution is 5.63. The number of hydrogen-bond donors (Lipinski definition) is 0. The zero-order chi connectivity index (χ0) is 14.8. The molecule has 0 atom stereocenters. The van der Waals surface area contributed by atoms with E-state index in [0.717, 1.165) is 18.1 Å². The maximum absolute atomic E-state index is 12.6. The minimum atomic E-state index is -4.41. The lowest BCUT2D eigenvalue weighted by Gasteiger charge is -2.09. The van der Waals surface area contributed by atoms with E-state index in [1.54, 1.807) is 6.07 Å². The predicted molar refractivity (Wildman–Crippen MR) is 73.2 cm³/mol. The van der Waals surface area contributed by atoms with Gasteiger partial charge in [0.2, 0.25) is 0 Å². The highest BCUT2D eigenvalue weighted by Crippen LogP contribution is 2.30. The van der Waals surface area contributed by atoms with Crippen molar-refractivity contribution in [1.29, 1.82) is 0 Å². The van der Waals surface area contributed by atoms with Crippen molar-refractivity contribution in [2.75, 3.05) is 0 Å². The highest BCUT2D eigenvalue weighted by Gasteiger charge is 2.32. The number of aromatic nitrogens is 1. The summed E-state index contributed by atoms with van der Waals surface area (Å²) in [6, 6.07) is 10.3. The van der Waals surface area contributed by atoms with E-state index in [9.17, 15) is 13.2 Å². The van der Waals surface area contributed by atoms with E-state index in [0.29, 0.717) is 11.5 Å². The van der Waals surface area contributed by atoms with Crippen LogP contribution in [-0.2, 0) is 12.6 Å².